The Kier molecular flexibility index (Phi) is 3.23. The highest BCUT2D eigenvalue weighted by atomic mass is 16.7. The average molecular weight is 231 g/mol. The van der Waals surface area contributed by atoms with Crippen molar-refractivity contribution in [1.82, 2.24) is 4.98 Å². The number of pyridine rings is 1. The molecule has 2 rings (SSSR count). The summed E-state index contributed by atoms with van der Waals surface area (Å²) in [6.07, 6.45) is 1.00. The van der Waals surface area contributed by atoms with Crippen molar-refractivity contribution in [3.8, 4) is 5.75 Å². The number of ether oxygens (including phenoxy) is 2. The first-order chi connectivity index (χ1) is 8.22. The molecule has 1 heterocycles. The van der Waals surface area contributed by atoms with E-state index in [-0.39, 0.29) is 0 Å². The third kappa shape index (κ3) is 2.36. The summed E-state index contributed by atoms with van der Waals surface area (Å²) in [4.78, 5) is 15.5. The number of carbonyl (C=O) groups excluding carboxylic acids is 1. The van der Waals surface area contributed by atoms with Crippen LogP contribution in [0.3, 0.4) is 0 Å². The highest BCUT2D eigenvalue weighted by Crippen LogP contribution is 2.26. The van der Waals surface area contributed by atoms with Gasteiger partial charge in [0.15, 0.2) is 0 Å². The van der Waals surface area contributed by atoms with Crippen LogP contribution in [-0.2, 0) is 4.74 Å². The van der Waals surface area contributed by atoms with Gasteiger partial charge in [-0.25, -0.2) is 4.79 Å². The van der Waals surface area contributed by atoms with Gasteiger partial charge in [-0.1, -0.05) is 12.1 Å². The molecule has 0 aliphatic carbocycles. The Bertz CT molecular complexity index is 551. The summed E-state index contributed by atoms with van der Waals surface area (Å²) in [6, 6.07) is 7.32. The van der Waals surface area contributed by atoms with Crippen LogP contribution in [0.4, 0.5) is 4.79 Å². The molecule has 0 amide bonds. The van der Waals surface area contributed by atoms with E-state index in [0.29, 0.717) is 12.4 Å². The smallest absolute Gasteiger partial charge is 0.434 e. The Morgan fingerprint density at radius 2 is 2.12 bits per heavy atom. The van der Waals surface area contributed by atoms with Crippen molar-refractivity contribution in [2.45, 2.75) is 13.8 Å². The van der Waals surface area contributed by atoms with Crippen LogP contribution in [0.25, 0.3) is 10.8 Å². The number of hydrogen-bond acceptors (Lipinski definition) is 4. The molecule has 0 unspecified atom stereocenters. The maximum absolute atomic E-state index is 11.3. The average Bonchev–Trinajstić information content (AvgIpc) is 2.31. The zero-order chi connectivity index (χ0) is 12.3. The molecule has 88 valence electrons. The summed E-state index contributed by atoms with van der Waals surface area (Å²) in [7, 11) is 0. The Hall–Kier alpha value is -2.10. The minimum absolute atomic E-state index is 0.296. The quantitative estimate of drug-likeness (QED) is 0.588. The molecule has 0 radical (unpaired) electrons. The van der Waals surface area contributed by atoms with E-state index in [0.717, 1.165) is 16.5 Å². The lowest BCUT2D eigenvalue weighted by Crippen LogP contribution is -2.10. The fraction of sp³-hybridized carbons (Fsp3) is 0.231. The molecule has 4 heteroatoms. The fourth-order valence-corrected chi connectivity index (χ4v) is 1.65. The summed E-state index contributed by atoms with van der Waals surface area (Å²) in [5, 5.41) is 1.82. The van der Waals surface area contributed by atoms with E-state index < -0.39 is 6.16 Å². The zero-order valence-corrected chi connectivity index (χ0v) is 9.77. The first-order valence-corrected chi connectivity index (χ1v) is 5.41. The molecule has 1 aromatic heterocycles. The second kappa shape index (κ2) is 4.82. The van der Waals surface area contributed by atoms with Crippen molar-refractivity contribution < 1.29 is 14.3 Å². The predicted molar refractivity (Wildman–Crippen MR) is 64.1 cm³/mol. The molecule has 0 saturated carbocycles. The molecule has 1 aromatic carbocycles. The molecule has 0 aliphatic heterocycles. The Labute approximate surface area is 99.2 Å². The number of aromatic nitrogens is 1. The zero-order valence-electron chi connectivity index (χ0n) is 9.77. The van der Waals surface area contributed by atoms with Crippen molar-refractivity contribution in [2.24, 2.45) is 0 Å². The van der Waals surface area contributed by atoms with Crippen molar-refractivity contribution in [1.29, 1.82) is 0 Å². The number of aryl methyl sites for hydroxylation is 1. The van der Waals surface area contributed by atoms with Gasteiger partial charge in [0.1, 0.15) is 5.75 Å². The van der Waals surface area contributed by atoms with Gasteiger partial charge in [-0.05, 0) is 26.0 Å². The second-order valence-electron chi connectivity index (χ2n) is 3.53. The normalized spacial score (nSPS) is 10.2. The molecule has 17 heavy (non-hydrogen) atoms. The number of rotatable bonds is 2. The maximum atomic E-state index is 11.3. The topological polar surface area (TPSA) is 48.4 Å². The van der Waals surface area contributed by atoms with Crippen LogP contribution in [0.2, 0.25) is 0 Å². The van der Waals surface area contributed by atoms with Gasteiger partial charge in [0.25, 0.3) is 0 Å². The Morgan fingerprint density at radius 3 is 2.88 bits per heavy atom. The van der Waals surface area contributed by atoms with Gasteiger partial charge in [-0.15, -0.1) is 0 Å². The minimum Gasteiger partial charge on any atom is -0.434 e. The van der Waals surface area contributed by atoms with Gasteiger partial charge < -0.3 is 9.47 Å². The first kappa shape index (κ1) is 11.4. The highest BCUT2D eigenvalue weighted by molar-refractivity contribution is 5.91. The van der Waals surface area contributed by atoms with Crippen molar-refractivity contribution in [2.75, 3.05) is 6.61 Å². The Balaban J connectivity index is 2.41. The minimum atomic E-state index is -0.686. The van der Waals surface area contributed by atoms with Crippen molar-refractivity contribution in [3.05, 3.63) is 36.2 Å². The Morgan fingerprint density at radius 1 is 1.29 bits per heavy atom. The van der Waals surface area contributed by atoms with E-state index in [2.05, 4.69) is 4.98 Å². The van der Waals surface area contributed by atoms with E-state index in [1.54, 1.807) is 19.2 Å². The van der Waals surface area contributed by atoms with Crippen LogP contribution in [0.1, 0.15) is 12.6 Å². The third-order valence-electron chi connectivity index (χ3n) is 2.42. The summed E-state index contributed by atoms with van der Waals surface area (Å²) in [6.45, 7) is 3.94. The summed E-state index contributed by atoms with van der Waals surface area (Å²) in [5.74, 6) is 0.492. The van der Waals surface area contributed by atoms with Crippen LogP contribution in [0.15, 0.2) is 30.5 Å². The van der Waals surface area contributed by atoms with E-state index in [4.69, 9.17) is 9.47 Å². The number of benzene rings is 1. The van der Waals surface area contributed by atoms with E-state index >= 15 is 0 Å². The van der Waals surface area contributed by atoms with Crippen LogP contribution in [0, 0.1) is 6.92 Å². The van der Waals surface area contributed by atoms with Crippen molar-refractivity contribution in [3.63, 3.8) is 0 Å². The van der Waals surface area contributed by atoms with E-state index in [1.807, 2.05) is 25.1 Å². The number of hydrogen-bond donors (Lipinski definition) is 0. The lowest BCUT2D eigenvalue weighted by molar-refractivity contribution is 0.105. The summed E-state index contributed by atoms with van der Waals surface area (Å²) >= 11 is 0. The molecule has 2 aromatic rings. The van der Waals surface area contributed by atoms with Gasteiger partial charge in [-0.2, -0.15) is 0 Å². The molecule has 0 aliphatic rings. The van der Waals surface area contributed by atoms with Crippen LogP contribution in [-0.4, -0.2) is 17.7 Å². The summed E-state index contributed by atoms with van der Waals surface area (Å²) in [5.41, 5.74) is 0.900. The van der Waals surface area contributed by atoms with Gasteiger partial charge in [-0.3, -0.25) is 4.98 Å². The van der Waals surface area contributed by atoms with Crippen LogP contribution in [0.5, 0.6) is 5.75 Å². The fourth-order valence-electron chi connectivity index (χ4n) is 1.65. The van der Waals surface area contributed by atoms with Crippen LogP contribution >= 0.6 is 0 Å². The molecular weight excluding hydrogens is 218 g/mol. The highest BCUT2D eigenvalue weighted by Gasteiger charge is 2.09. The van der Waals surface area contributed by atoms with Gasteiger partial charge >= 0.3 is 6.16 Å². The molecular formula is C13H13NO3. The molecule has 0 atom stereocenters. The van der Waals surface area contributed by atoms with E-state index in [1.165, 1.54) is 0 Å². The van der Waals surface area contributed by atoms with Gasteiger partial charge in [0, 0.05) is 22.7 Å². The molecule has 0 bridgehead atoms. The SMILES string of the molecule is CCOC(=O)Oc1cccc2c(C)nccc12. The molecule has 0 N–H and O–H groups in total. The van der Waals surface area contributed by atoms with Gasteiger partial charge in [0.05, 0.1) is 6.61 Å². The molecule has 0 fully saturated rings. The van der Waals surface area contributed by atoms with E-state index in [9.17, 15) is 4.79 Å². The second-order valence-corrected chi connectivity index (χ2v) is 3.53. The lowest BCUT2D eigenvalue weighted by Gasteiger charge is -2.08. The standard InChI is InChI=1S/C13H13NO3/c1-3-16-13(15)17-12-6-4-5-10-9(2)14-8-7-11(10)12/h4-8H,3H2,1-2H3. The third-order valence-corrected chi connectivity index (χ3v) is 2.42. The lowest BCUT2D eigenvalue weighted by atomic mass is 10.1. The molecule has 4 nitrogen and oxygen atoms in total. The summed E-state index contributed by atoms with van der Waals surface area (Å²) < 4.78 is 9.88. The van der Waals surface area contributed by atoms with Gasteiger partial charge in [0.2, 0.25) is 0 Å². The van der Waals surface area contributed by atoms with Crippen molar-refractivity contribution >= 4 is 16.9 Å². The monoisotopic (exact) mass is 231 g/mol. The molecule has 0 spiro atoms. The van der Waals surface area contributed by atoms with Crippen LogP contribution < -0.4 is 4.74 Å². The molecule has 0 saturated heterocycles. The number of nitrogens with zero attached hydrogens (tertiary/aromatic N) is 1. The number of fused-ring (bicyclic) bond motifs is 1. The predicted octanol–water partition coefficient (Wildman–Crippen LogP) is 3.08. The largest absolute Gasteiger partial charge is 0.513 e. The number of carbonyl (C=O) groups is 1. The first-order valence-electron chi connectivity index (χ1n) is 5.41. The maximum Gasteiger partial charge on any atom is 0.513 e.